The molecule has 140 valence electrons. The molecule has 0 aliphatic heterocycles. The lowest BCUT2D eigenvalue weighted by molar-refractivity contribution is -0.117. The Kier molecular flexibility index (Phi) is 6.70. The number of phenols is 1. The maximum Gasteiger partial charge on any atom is 0.241 e. The van der Waals surface area contributed by atoms with Gasteiger partial charge in [0, 0.05) is 17.4 Å². The third kappa shape index (κ3) is 5.40. The number of nitrogens with zero attached hydrogens (tertiary/aromatic N) is 2. The van der Waals surface area contributed by atoms with E-state index in [4.69, 9.17) is 11.5 Å². The number of anilines is 2. The second-order valence-electron chi connectivity index (χ2n) is 5.84. The number of amides is 1. The van der Waals surface area contributed by atoms with Gasteiger partial charge in [-0.3, -0.25) is 4.79 Å². The number of carbonyl (C=O) groups is 1. The first-order chi connectivity index (χ1) is 12.5. The molecule has 2 aromatic carbocycles. The Balaban J connectivity index is 0.00000261. The molecule has 0 aliphatic carbocycles. The summed E-state index contributed by atoms with van der Waals surface area (Å²) in [4.78, 5) is 20.3. The third-order valence-corrected chi connectivity index (χ3v) is 3.85. The van der Waals surface area contributed by atoms with E-state index in [1.807, 2.05) is 12.1 Å². The molecule has 8 heteroatoms. The van der Waals surface area contributed by atoms with Crippen LogP contribution >= 0.6 is 12.4 Å². The molecule has 0 bridgehead atoms. The summed E-state index contributed by atoms with van der Waals surface area (Å²) >= 11 is 0. The van der Waals surface area contributed by atoms with Crippen LogP contribution in [0.25, 0.3) is 11.3 Å². The Morgan fingerprint density at radius 2 is 1.74 bits per heavy atom. The molecule has 3 aromatic rings. The topological polar surface area (TPSA) is 127 Å². The van der Waals surface area contributed by atoms with Crippen molar-refractivity contribution < 1.29 is 9.90 Å². The van der Waals surface area contributed by atoms with Gasteiger partial charge in [-0.25, -0.2) is 9.97 Å². The van der Waals surface area contributed by atoms with E-state index in [1.54, 1.807) is 48.7 Å². The van der Waals surface area contributed by atoms with E-state index in [2.05, 4.69) is 15.3 Å². The number of carbonyl (C=O) groups excluding carboxylic acids is 1. The number of benzene rings is 2. The normalized spacial score (nSPS) is 11.3. The van der Waals surface area contributed by atoms with E-state index in [0.717, 1.165) is 11.1 Å². The first kappa shape index (κ1) is 20.2. The van der Waals surface area contributed by atoms with Crippen LogP contribution in [0.3, 0.4) is 0 Å². The number of nitrogens with one attached hydrogen (secondary N) is 1. The molecule has 1 heterocycles. The second-order valence-corrected chi connectivity index (χ2v) is 5.84. The molecule has 0 aliphatic rings. The summed E-state index contributed by atoms with van der Waals surface area (Å²) in [5.74, 6) is 0.106. The zero-order chi connectivity index (χ0) is 18.5. The molecule has 0 fully saturated rings. The Bertz CT molecular complexity index is 901. The molecule has 3 rings (SSSR count). The molecular formula is C19H20ClN5O2. The highest BCUT2D eigenvalue weighted by molar-refractivity contribution is 5.95. The fraction of sp³-hybridized carbons (Fsp3) is 0.105. The summed E-state index contributed by atoms with van der Waals surface area (Å²) in [5, 5.41) is 12.1. The smallest absolute Gasteiger partial charge is 0.241 e. The number of nitrogens with two attached hydrogens (primary N) is 2. The van der Waals surface area contributed by atoms with E-state index < -0.39 is 6.04 Å². The standard InChI is InChI=1S/C19H19N5O2.ClH/c20-16(11-12-1-7-15(25)8-2-12)18(26)23-14-5-3-13(4-6-14)17-9-10-22-19(21)24-17;/h1-10,16,25H,11,20H2,(H,23,26)(H2,21,22,24);1H. The second kappa shape index (κ2) is 8.98. The Morgan fingerprint density at radius 1 is 1.07 bits per heavy atom. The van der Waals surface area contributed by atoms with Crippen LogP contribution in [0.1, 0.15) is 5.56 Å². The number of halogens is 1. The predicted molar refractivity (Wildman–Crippen MR) is 108 cm³/mol. The van der Waals surface area contributed by atoms with E-state index in [1.165, 1.54) is 0 Å². The lowest BCUT2D eigenvalue weighted by atomic mass is 10.1. The van der Waals surface area contributed by atoms with Crippen molar-refractivity contribution in [3.8, 4) is 17.0 Å². The summed E-state index contributed by atoms with van der Waals surface area (Å²) in [6.45, 7) is 0. The van der Waals surface area contributed by atoms with Gasteiger partial charge in [0.05, 0.1) is 11.7 Å². The minimum absolute atomic E-state index is 0. The molecule has 1 aromatic heterocycles. The first-order valence-corrected chi connectivity index (χ1v) is 8.04. The largest absolute Gasteiger partial charge is 0.508 e. The zero-order valence-corrected chi connectivity index (χ0v) is 15.2. The van der Waals surface area contributed by atoms with Crippen molar-refractivity contribution in [2.75, 3.05) is 11.1 Å². The van der Waals surface area contributed by atoms with Gasteiger partial charge in [-0.2, -0.15) is 0 Å². The van der Waals surface area contributed by atoms with Crippen LogP contribution in [-0.2, 0) is 11.2 Å². The highest BCUT2D eigenvalue weighted by atomic mass is 35.5. The predicted octanol–water partition coefficient (Wildman–Crippen LogP) is 2.36. The maximum atomic E-state index is 12.3. The van der Waals surface area contributed by atoms with Crippen molar-refractivity contribution in [1.29, 1.82) is 0 Å². The van der Waals surface area contributed by atoms with Crippen LogP contribution in [0.15, 0.2) is 60.8 Å². The number of hydrogen-bond donors (Lipinski definition) is 4. The summed E-state index contributed by atoms with van der Waals surface area (Å²) in [6, 6.07) is 14.9. The van der Waals surface area contributed by atoms with Crippen molar-refractivity contribution in [2.24, 2.45) is 5.73 Å². The van der Waals surface area contributed by atoms with E-state index in [-0.39, 0.29) is 30.0 Å². The Hall–Kier alpha value is -3.16. The quantitative estimate of drug-likeness (QED) is 0.534. The van der Waals surface area contributed by atoms with Crippen LogP contribution in [0, 0.1) is 0 Å². The third-order valence-electron chi connectivity index (χ3n) is 3.85. The van der Waals surface area contributed by atoms with Crippen molar-refractivity contribution in [1.82, 2.24) is 9.97 Å². The van der Waals surface area contributed by atoms with Gasteiger partial charge in [-0.15, -0.1) is 12.4 Å². The lowest BCUT2D eigenvalue weighted by Crippen LogP contribution is -2.37. The average Bonchev–Trinajstić information content (AvgIpc) is 2.64. The van der Waals surface area contributed by atoms with Gasteiger partial charge in [0.25, 0.3) is 0 Å². The first-order valence-electron chi connectivity index (χ1n) is 8.04. The molecule has 6 N–H and O–H groups in total. The Labute approximate surface area is 162 Å². The lowest BCUT2D eigenvalue weighted by Gasteiger charge is -2.13. The molecule has 0 saturated carbocycles. The SMILES string of the molecule is Cl.Nc1nccc(-c2ccc(NC(=O)C(N)Cc3ccc(O)cc3)cc2)n1. The van der Waals surface area contributed by atoms with Gasteiger partial charge in [0.1, 0.15) is 5.75 Å². The summed E-state index contributed by atoms with van der Waals surface area (Å²) < 4.78 is 0. The number of nitrogen functional groups attached to an aromatic ring is 1. The minimum atomic E-state index is -0.694. The number of rotatable bonds is 5. The van der Waals surface area contributed by atoms with Crippen LogP contribution in [-0.4, -0.2) is 27.0 Å². The molecule has 0 radical (unpaired) electrons. The van der Waals surface area contributed by atoms with Gasteiger partial charge in [0.2, 0.25) is 11.9 Å². The molecule has 27 heavy (non-hydrogen) atoms. The van der Waals surface area contributed by atoms with Crippen LogP contribution < -0.4 is 16.8 Å². The molecule has 0 saturated heterocycles. The zero-order valence-electron chi connectivity index (χ0n) is 14.4. The van der Waals surface area contributed by atoms with Crippen LogP contribution in [0.5, 0.6) is 5.75 Å². The number of aromatic nitrogens is 2. The summed E-state index contributed by atoms with van der Waals surface area (Å²) in [6.07, 6.45) is 1.97. The van der Waals surface area contributed by atoms with E-state index in [9.17, 15) is 9.90 Å². The number of hydrogen-bond acceptors (Lipinski definition) is 6. The number of phenolic OH excluding ortho intramolecular Hbond substituents is 1. The van der Waals surface area contributed by atoms with Gasteiger partial charge in [-0.05, 0) is 42.3 Å². The van der Waals surface area contributed by atoms with Crippen molar-refractivity contribution in [3.05, 3.63) is 66.4 Å². The van der Waals surface area contributed by atoms with Crippen LogP contribution in [0.2, 0.25) is 0 Å². The molecule has 0 spiro atoms. The highest BCUT2D eigenvalue weighted by Gasteiger charge is 2.14. The minimum Gasteiger partial charge on any atom is -0.508 e. The van der Waals surface area contributed by atoms with Crippen molar-refractivity contribution >= 4 is 29.9 Å². The average molecular weight is 386 g/mol. The van der Waals surface area contributed by atoms with Gasteiger partial charge >= 0.3 is 0 Å². The van der Waals surface area contributed by atoms with E-state index >= 15 is 0 Å². The summed E-state index contributed by atoms with van der Waals surface area (Å²) in [5.41, 5.74) is 14.6. The molecular weight excluding hydrogens is 366 g/mol. The van der Waals surface area contributed by atoms with E-state index in [0.29, 0.717) is 17.8 Å². The van der Waals surface area contributed by atoms with Gasteiger partial charge in [-0.1, -0.05) is 24.3 Å². The molecule has 7 nitrogen and oxygen atoms in total. The fourth-order valence-corrected chi connectivity index (χ4v) is 2.47. The maximum absolute atomic E-state index is 12.3. The monoisotopic (exact) mass is 385 g/mol. The molecule has 1 atom stereocenters. The number of aromatic hydroxyl groups is 1. The summed E-state index contributed by atoms with van der Waals surface area (Å²) in [7, 11) is 0. The molecule has 1 amide bonds. The van der Waals surface area contributed by atoms with Gasteiger partial charge < -0.3 is 21.9 Å². The Morgan fingerprint density at radius 3 is 2.37 bits per heavy atom. The van der Waals surface area contributed by atoms with Crippen molar-refractivity contribution in [2.45, 2.75) is 12.5 Å². The van der Waals surface area contributed by atoms with Crippen LogP contribution in [0.4, 0.5) is 11.6 Å². The van der Waals surface area contributed by atoms with Crippen molar-refractivity contribution in [3.63, 3.8) is 0 Å². The highest BCUT2D eigenvalue weighted by Crippen LogP contribution is 2.20. The molecule has 1 unspecified atom stereocenters. The fourth-order valence-electron chi connectivity index (χ4n) is 2.47. The van der Waals surface area contributed by atoms with Gasteiger partial charge in [0.15, 0.2) is 0 Å².